The molecule has 5 rings (SSSR count). The molecule has 0 saturated carbocycles. The molecule has 1 aromatic carbocycles. The van der Waals surface area contributed by atoms with Gasteiger partial charge in [-0.25, -0.2) is 9.78 Å². The first-order valence-electron chi connectivity index (χ1n) is 14.4. The summed E-state index contributed by atoms with van der Waals surface area (Å²) < 4.78 is 41.7. The van der Waals surface area contributed by atoms with E-state index in [-0.39, 0.29) is 29.1 Å². The number of fused-ring (bicyclic) bond motifs is 1. The number of anilines is 1. The highest BCUT2D eigenvalue weighted by molar-refractivity contribution is 7.80. The first kappa shape index (κ1) is 34.0. The lowest BCUT2D eigenvalue weighted by molar-refractivity contribution is -0.218. The number of ether oxygens (including phenoxy) is 1. The summed E-state index contributed by atoms with van der Waals surface area (Å²) in [7, 11) is -5.03. The molecular formula is C27H34N8O10S2. The average Bonchev–Trinajstić information content (AvgIpc) is 3.69. The number of carbonyl (C=O) groups excluding carboxylic acids is 2. The molecule has 8 N–H and O–H groups in total. The van der Waals surface area contributed by atoms with E-state index in [1.54, 1.807) is 12.1 Å². The van der Waals surface area contributed by atoms with Gasteiger partial charge in [-0.2, -0.15) is 13.5 Å². The fraction of sp³-hybridized carbons (Fsp3) is 0.481. The van der Waals surface area contributed by atoms with Crippen LogP contribution >= 0.6 is 11.3 Å². The Kier molecular flexibility index (Phi) is 9.16. The number of hydrogen-bond acceptors (Lipinski definition) is 14. The van der Waals surface area contributed by atoms with Gasteiger partial charge in [0.25, 0.3) is 17.4 Å². The van der Waals surface area contributed by atoms with Gasteiger partial charge in [0.05, 0.1) is 5.54 Å². The molecule has 4 atom stereocenters. The fourth-order valence-corrected chi connectivity index (χ4v) is 6.40. The van der Waals surface area contributed by atoms with Gasteiger partial charge in [-0.15, -0.1) is 15.6 Å². The molecule has 4 heterocycles. The maximum atomic E-state index is 13.4. The number of β-lactam (4-membered cyclic amide) rings is 1. The molecule has 0 aliphatic carbocycles. The molecule has 20 heteroatoms. The van der Waals surface area contributed by atoms with Crippen molar-refractivity contribution >= 4 is 56.2 Å². The van der Waals surface area contributed by atoms with Crippen molar-refractivity contribution in [3.8, 4) is 5.75 Å². The lowest BCUT2D eigenvalue weighted by Gasteiger charge is -2.50. The number of rotatable bonds is 11. The molecule has 0 radical (unpaired) electrons. The molecule has 0 bridgehead atoms. The number of aryl methyl sites for hydroxylation is 1. The summed E-state index contributed by atoms with van der Waals surface area (Å²) in [5.41, 5.74) is 3.04. The Labute approximate surface area is 273 Å². The molecule has 2 aromatic rings. The van der Waals surface area contributed by atoms with Gasteiger partial charge in [0.1, 0.15) is 23.3 Å². The minimum Gasteiger partial charge on any atom is -0.485 e. The average molecular weight is 695 g/mol. The fourth-order valence-electron chi connectivity index (χ4n) is 5.39. The monoisotopic (exact) mass is 694 g/mol. The normalized spacial score (nSPS) is 23.5. The Morgan fingerprint density at radius 1 is 1.32 bits per heavy atom. The first-order chi connectivity index (χ1) is 22.0. The minimum absolute atomic E-state index is 0.0593. The Morgan fingerprint density at radius 2 is 2.06 bits per heavy atom. The van der Waals surface area contributed by atoms with E-state index in [9.17, 15) is 27.9 Å². The summed E-state index contributed by atoms with van der Waals surface area (Å²) in [6, 6.07) is 4.01. The molecule has 1 aromatic heterocycles. The SMILES string of the molecule is CC1(C)[C@H](NC(=O)/C(=N\O[C@](C)(C(=O)O)[C@H]2CCc3cc(C(=N)N[C@H]4CCNC4)ccc3O2)c2csc(N)n2)C(=O)N1OS(=O)(=O)O. The van der Waals surface area contributed by atoms with Crippen molar-refractivity contribution < 1.29 is 46.3 Å². The van der Waals surface area contributed by atoms with Crippen molar-refractivity contribution in [2.45, 2.75) is 69.4 Å². The van der Waals surface area contributed by atoms with Gasteiger partial charge >= 0.3 is 16.4 Å². The van der Waals surface area contributed by atoms with Gasteiger partial charge in [-0.1, -0.05) is 5.16 Å². The number of benzene rings is 1. The van der Waals surface area contributed by atoms with E-state index in [4.69, 9.17) is 25.3 Å². The summed E-state index contributed by atoms with van der Waals surface area (Å²) >= 11 is 0.964. The van der Waals surface area contributed by atoms with Crippen LogP contribution in [0.15, 0.2) is 28.7 Å². The highest BCUT2D eigenvalue weighted by Crippen LogP contribution is 2.35. The third-order valence-corrected chi connectivity index (χ3v) is 9.18. The Morgan fingerprint density at radius 3 is 2.66 bits per heavy atom. The van der Waals surface area contributed by atoms with Crippen molar-refractivity contribution in [2.75, 3.05) is 18.8 Å². The number of thiazole rings is 1. The zero-order valence-corrected chi connectivity index (χ0v) is 27.1. The van der Waals surface area contributed by atoms with Crippen molar-refractivity contribution in [2.24, 2.45) is 5.16 Å². The largest absolute Gasteiger partial charge is 0.485 e. The van der Waals surface area contributed by atoms with Gasteiger partial charge in [-0.05, 0) is 70.3 Å². The summed E-state index contributed by atoms with van der Waals surface area (Å²) in [5, 5.41) is 33.2. The number of carboxylic acid groups (broad SMARTS) is 1. The molecular weight excluding hydrogens is 660 g/mol. The number of nitrogen functional groups attached to an aromatic ring is 1. The highest BCUT2D eigenvalue weighted by Gasteiger charge is 2.58. The number of nitrogens with zero attached hydrogens (tertiary/aromatic N) is 3. The maximum Gasteiger partial charge on any atom is 0.418 e. The predicted octanol–water partition coefficient (Wildman–Crippen LogP) is -0.200. The maximum absolute atomic E-state index is 13.4. The van der Waals surface area contributed by atoms with E-state index < -0.39 is 57.2 Å². The van der Waals surface area contributed by atoms with Crippen molar-refractivity contribution in [3.63, 3.8) is 0 Å². The molecule has 3 aliphatic heterocycles. The topological polar surface area (TPSA) is 268 Å². The van der Waals surface area contributed by atoms with Gasteiger partial charge in [0.15, 0.2) is 16.9 Å². The zero-order valence-electron chi connectivity index (χ0n) is 25.5. The molecule has 3 aliphatic rings. The molecule has 2 amide bonds. The van der Waals surface area contributed by atoms with E-state index in [1.807, 2.05) is 6.07 Å². The smallest absolute Gasteiger partial charge is 0.418 e. The molecule has 18 nitrogen and oxygen atoms in total. The van der Waals surface area contributed by atoms with Crippen LogP contribution < -0.4 is 26.4 Å². The van der Waals surface area contributed by atoms with Gasteiger partial charge in [-0.3, -0.25) is 19.6 Å². The number of amidine groups is 1. The number of carboxylic acids is 1. The van der Waals surface area contributed by atoms with Crippen molar-refractivity contribution in [1.82, 2.24) is 26.0 Å². The third-order valence-electron chi connectivity index (χ3n) is 8.17. The van der Waals surface area contributed by atoms with E-state index >= 15 is 0 Å². The van der Waals surface area contributed by atoms with Crippen LogP contribution in [0, 0.1) is 5.41 Å². The van der Waals surface area contributed by atoms with E-state index in [0.717, 1.165) is 36.4 Å². The third kappa shape index (κ3) is 7.00. The van der Waals surface area contributed by atoms with Crippen LogP contribution in [-0.2, 0) is 40.3 Å². The second-order valence-corrected chi connectivity index (χ2v) is 13.8. The van der Waals surface area contributed by atoms with E-state index in [0.29, 0.717) is 22.8 Å². The van der Waals surface area contributed by atoms with Crippen LogP contribution in [0.25, 0.3) is 0 Å². The number of hydroxylamine groups is 2. The van der Waals surface area contributed by atoms with E-state index in [1.165, 1.54) is 26.2 Å². The number of nitrogens with two attached hydrogens (primary N) is 1. The number of hydrogen-bond donors (Lipinski definition) is 7. The molecule has 0 spiro atoms. The summed E-state index contributed by atoms with van der Waals surface area (Å²) in [6.07, 6.45) is 0.447. The Hall–Kier alpha value is -4.37. The van der Waals surface area contributed by atoms with Crippen LogP contribution in [0.1, 0.15) is 50.4 Å². The van der Waals surface area contributed by atoms with Gasteiger partial charge < -0.3 is 36.4 Å². The van der Waals surface area contributed by atoms with Crippen molar-refractivity contribution in [1.29, 1.82) is 5.41 Å². The second-order valence-electron chi connectivity index (χ2n) is 11.9. The Bertz CT molecular complexity index is 1740. The van der Waals surface area contributed by atoms with Gasteiger partial charge in [0.2, 0.25) is 0 Å². The molecule has 2 fully saturated rings. The standard InChI is InChI=1S/C27H34N8O10S2/c1-26(2)20(23(37)35(26)45-47(40,41)42)33-22(36)19(16-12-46-25(29)32-16)34-44-27(3,24(38)39)18-7-5-13-10-14(4-6-17(13)43-18)21(28)31-15-8-9-30-11-15/h4,6,10,12,15,18,20,30H,5,7-9,11H2,1-3H3,(H2,28,31)(H2,29,32)(H,33,36)(H,38,39)(H,40,41,42)/b34-19-/t15-,18+,20+,27-/m0/s1. The van der Waals surface area contributed by atoms with Gasteiger partial charge in [0, 0.05) is 23.5 Å². The number of aromatic nitrogens is 1. The minimum atomic E-state index is -5.03. The number of aliphatic carboxylic acids is 1. The molecule has 254 valence electrons. The number of nitrogens with one attached hydrogen (secondary N) is 4. The number of amides is 2. The van der Waals surface area contributed by atoms with Crippen LogP contribution in [0.4, 0.5) is 5.13 Å². The zero-order chi connectivity index (χ0) is 34.3. The lowest BCUT2D eigenvalue weighted by Crippen LogP contribution is -2.76. The summed E-state index contributed by atoms with van der Waals surface area (Å²) in [6.45, 7) is 5.64. The highest BCUT2D eigenvalue weighted by atomic mass is 32.3. The number of oxime groups is 1. The van der Waals surface area contributed by atoms with Crippen LogP contribution in [-0.4, -0.2) is 99.9 Å². The molecule has 0 unspecified atom stereocenters. The summed E-state index contributed by atoms with van der Waals surface area (Å²) in [5.74, 6) is -2.77. The van der Waals surface area contributed by atoms with Crippen LogP contribution in [0.5, 0.6) is 5.75 Å². The quantitative estimate of drug-likeness (QED) is 0.0528. The predicted molar refractivity (Wildman–Crippen MR) is 166 cm³/mol. The van der Waals surface area contributed by atoms with Crippen molar-refractivity contribution in [3.05, 3.63) is 40.4 Å². The second kappa shape index (κ2) is 12.7. The lowest BCUT2D eigenvalue weighted by atomic mass is 9.84. The Balaban J connectivity index is 1.34. The summed E-state index contributed by atoms with van der Waals surface area (Å²) in [4.78, 5) is 48.2. The van der Waals surface area contributed by atoms with Crippen LogP contribution in [0.2, 0.25) is 0 Å². The molecule has 2 saturated heterocycles. The molecule has 47 heavy (non-hydrogen) atoms. The first-order valence-corrected chi connectivity index (χ1v) is 16.6. The van der Waals surface area contributed by atoms with Crippen LogP contribution in [0.3, 0.4) is 0 Å². The van der Waals surface area contributed by atoms with E-state index in [2.05, 4.69) is 30.4 Å². The number of carbonyl (C=O) groups is 3.